The molecule has 1 N–H and O–H groups in total. The molecule has 1 unspecified atom stereocenters. The minimum Gasteiger partial charge on any atom is -0.348 e. The molecule has 0 radical (unpaired) electrons. The van der Waals surface area contributed by atoms with E-state index in [9.17, 15) is 0 Å². The second-order valence-electron chi connectivity index (χ2n) is 3.81. The summed E-state index contributed by atoms with van der Waals surface area (Å²) in [5.41, 5.74) is 1.00. The fourth-order valence-electron chi connectivity index (χ4n) is 1.64. The Morgan fingerprint density at radius 2 is 2.29 bits per heavy atom. The Kier molecular flexibility index (Phi) is 3.55. The Labute approximate surface area is 101 Å². The number of aromatic nitrogens is 3. The highest BCUT2D eigenvalue weighted by atomic mass is 15.2. The van der Waals surface area contributed by atoms with Gasteiger partial charge in [-0.05, 0) is 19.1 Å². The summed E-state index contributed by atoms with van der Waals surface area (Å²) in [6.45, 7) is 6.54. The Morgan fingerprint density at radius 1 is 1.41 bits per heavy atom. The molecule has 4 nitrogen and oxygen atoms in total. The summed E-state index contributed by atoms with van der Waals surface area (Å²) < 4.78 is 2.01. The number of imidazole rings is 1. The van der Waals surface area contributed by atoms with Gasteiger partial charge in [0.25, 0.3) is 0 Å². The molecular formula is C13H16N4. The van der Waals surface area contributed by atoms with E-state index in [-0.39, 0.29) is 6.04 Å². The van der Waals surface area contributed by atoms with E-state index in [4.69, 9.17) is 0 Å². The normalized spacial score (nSPS) is 12.1. The van der Waals surface area contributed by atoms with Crippen molar-refractivity contribution < 1.29 is 0 Å². The number of allylic oxidation sites excluding steroid dienone is 1. The maximum atomic E-state index is 4.32. The number of nitrogens with zero attached hydrogens (tertiary/aromatic N) is 3. The van der Waals surface area contributed by atoms with Gasteiger partial charge in [-0.1, -0.05) is 12.1 Å². The molecule has 4 heteroatoms. The van der Waals surface area contributed by atoms with Crippen LogP contribution < -0.4 is 5.32 Å². The van der Waals surface area contributed by atoms with Gasteiger partial charge in [-0.15, -0.1) is 6.58 Å². The van der Waals surface area contributed by atoms with E-state index in [0.29, 0.717) is 0 Å². The van der Waals surface area contributed by atoms with Gasteiger partial charge in [0, 0.05) is 25.1 Å². The molecule has 2 aromatic rings. The van der Waals surface area contributed by atoms with Crippen molar-refractivity contribution in [3.05, 3.63) is 55.1 Å². The van der Waals surface area contributed by atoms with Crippen LogP contribution >= 0.6 is 0 Å². The van der Waals surface area contributed by atoms with Crippen molar-refractivity contribution in [1.29, 1.82) is 0 Å². The van der Waals surface area contributed by atoms with Crippen molar-refractivity contribution in [3.63, 3.8) is 0 Å². The minimum absolute atomic E-state index is 0.127. The van der Waals surface area contributed by atoms with E-state index in [2.05, 4.69) is 28.8 Å². The fourth-order valence-corrected chi connectivity index (χ4v) is 1.64. The monoisotopic (exact) mass is 228 g/mol. The van der Waals surface area contributed by atoms with E-state index in [1.165, 1.54) is 0 Å². The molecule has 1 atom stereocenters. The van der Waals surface area contributed by atoms with Crippen LogP contribution in [0.5, 0.6) is 0 Å². The van der Waals surface area contributed by atoms with Gasteiger partial charge in [-0.2, -0.15) is 0 Å². The summed E-state index contributed by atoms with van der Waals surface area (Å²) in [7, 11) is 0. The molecule has 2 aromatic heterocycles. The Morgan fingerprint density at radius 3 is 3.00 bits per heavy atom. The molecule has 0 amide bonds. The quantitative estimate of drug-likeness (QED) is 0.800. The van der Waals surface area contributed by atoms with Crippen LogP contribution in [0.4, 0.5) is 5.95 Å². The van der Waals surface area contributed by atoms with Crippen molar-refractivity contribution in [1.82, 2.24) is 14.5 Å². The first kappa shape index (κ1) is 11.4. The van der Waals surface area contributed by atoms with Crippen LogP contribution in [0, 0.1) is 0 Å². The second-order valence-corrected chi connectivity index (χ2v) is 3.81. The van der Waals surface area contributed by atoms with Crippen LogP contribution in [0.2, 0.25) is 0 Å². The van der Waals surface area contributed by atoms with Gasteiger partial charge in [0.1, 0.15) is 0 Å². The zero-order valence-corrected chi connectivity index (χ0v) is 9.87. The van der Waals surface area contributed by atoms with E-state index in [1.54, 1.807) is 12.4 Å². The molecule has 0 fully saturated rings. The predicted molar refractivity (Wildman–Crippen MR) is 68.7 cm³/mol. The van der Waals surface area contributed by atoms with Crippen LogP contribution in [0.3, 0.4) is 0 Å². The summed E-state index contributed by atoms with van der Waals surface area (Å²) in [5.74, 6) is 0.836. The molecule has 0 aliphatic heterocycles. The summed E-state index contributed by atoms with van der Waals surface area (Å²) in [6, 6.07) is 6.02. The van der Waals surface area contributed by atoms with Gasteiger partial charge in [-0.25, -0.2) is 4.98 Å². The van der Waals surface area contributed by atoms with Crippen LogP contribution in [0.1, 0.15) is 18.7 Å². The molecule has 0 saturated carbocycles. The standard InChI is InChI=1S/C13H16N4/c1-3-9-17-10-8-15-13(17)16-11(2)12-6-4-5-7-14-12/h3-8,10-11H,1,9H2,2H3,(H,15,16). The van der Waals surface area contributed by atoms with Gasteiger partial charge in [0.2, 0.25) is 5.95 Å². The SMILES string of the molecule is C=CCn1ccnc1NC(C)c1ccccn1. The lowest BCUT2D eigenvalue weighted by molar-refractivity contribution is 0.770. The molecule has 88 valence electrons. The Balaban J connectivity index is 2.10. The highest BCUT2D eigenvalue weighted by Gasteiger charge is 2.08. The lowest BCUT2D eigenvalue weighted by Gasteiger charge is -2.14. The van der Waals surface area contributed by atoms with Crippen molar-refractivity contribution in [2.45, 2.75) is 19.5 Å². The van der Waals surface area contributed by atoms with Gasteiger partial charge < -0.3 is 9.88 Å². The zero-order valence-electron chi connectivity index (χ0n) is 9.87. The topological polar surface area (TPSA) is 42.7 Å². The third-order valence-corrected chi connectivity index (χ3v) is 2.52. The Hall–Kier alpha value is -2.10. The van der Waals surface area contributed by atoms with Gasteiger partial charge >= 0.3 is 0 Å². The molecule has 0 aliphatic carbocycles. The fraction of sp³-hybridized carbons (Fsp3) is 0.231. The third-order valence-electron chi connectivity index (χ3n) is 2.52. The van der Waals surface area contributed by atoms with E-state index < -0.39 is 0 Å². The maximum Gasteiger partial charge on any atom is 0.203 e. The first-order valence-electron chi connectivity index (χ1n) is 5.60. The summed E-state index contributed by atoms with van der Waals surface area (Å²) in [6.07, 6.45) is 7.34. The molecule has 0 aromatic carbocycles. The van der Waals surface area contributed by atoms with Crippen LogP contribution in [0.25, 0.3) is 0 Å². The van der Waals surface area contributed by atoms with Crippen molar-refractivity contribution in [2.24, 2.45) is 0 Å². The van der Waals surface area contributed by atoms with Crippen LogP contribution in [-0.2, 0) is 6.54 Å². The third kappa shape index (κ3) is 2.72. The van der Waals surface area contributed by atoms with Crippen molar-refractivity contribution in [3.8, 4) is 0 Å². The number of rotatable bonds is 5. The summed E-state index contributed by atoms with van der Waals surface area (Å²) in [5, 5.41) is 3.33. The molecule has 2 rings (SSSR count). The zero-order chi connectivity index (χ0) is 12.1. The molecule has 0 aliphatic rings. The van der Waals surface area contributed by atoms with Crippen molar-refractivity contribution >= 4 is 5.95 Å². The lowest BCUT2D eigenvalue weighted by Crippen LogP contribution is -2.12. The second kappa shape index (κ2) is 5.30. The highest BCUT2D eigenvalue weighted by Crippen LogP contribution is 2.15. The molecule has 0 spiro atoms. The van der Waals surface area contributed by atoms with Gasteiger partial charge in [0.05, 0.1) is 11.7 Å². The average Bonchev–Trinajstić information content (AvgIpc) is 2.78. The largest absolute Gasteiger partial charge is 0.348 e. The van der Waals surface area contributed by atoms with Crippen LogP contribution in [0.15, 0.2) is 49.4 Å². The van der Waals surface area contributed by atoms with Gasteiger partial charge in [0.15, 0.2) is 0 Å². The first-order valence-corrected chi connectivity index (χ1v) is 5.60. The van der Waals surface area contributed by atoms with Crippen molar-refractivity contribution in [2.75, 3.05) is 5.32 Å². The molecular weight excluding hydrogens is 212 g/mol. The number of hydrogen-bond acceptors (Lipinski definition) is 3. The van der Waals surface area contributed by atoms with E-state index in [1.807, 2.05) is 35.0 Å². The van der Waals surface area contributed by atoms with Crippen LogP contribution in [-0.4, -0.2) is 14.5 Å². The summed E-state index contributed by atoms with van der Waals surface area (Å²) in [4.78, 5) is 8.59. The smallest absolute Gasteiger partial charge is 0.203 e. The lowest BCUT2D eigenvalue weighted by atomic mass is 10.2. The molecule has 2 heterocycles. The average molecular weight is 228 g/mol. The molecule has 0 bridgehead atoms. The highest BCUT2D eigenvalue weighted by molar-refractivity contribution is 5.30. The number of anilines is 1. The maximum absolute atomic E-state index is 4.32. The number of pyridine rings is 1. The van der Waals surface area contributed by atoms with E-state index >= 15 is 0 Å². The Bertz CT molecular complexity index is 475. The summed E-state index contributed by atoms with van der Waals surface area (Å²) >= 11 is 0. The molecule has 17 heavy (non-hydrogen) atoms. The predicted octanol–water partition coefficient (Wildman–Crippen LogP) is 2.64. The van der Waals surface area contributed by atoms with E-state index in [0.717, 1.165) is 18.2 Å². The molecule has 0 saturated heterocycles. The number of hydrogen-bond donors (Lipinski definition) is 1. The minimum atomic E-state index is 0.127. The van der Waals surface area contributed by atoms with Gasteiger partial charge in [-0.3, -0.25) is 4.98 Å². The number of nitrogens with one attached hydrogen (secondary N) is 1. The first-order chi connectivity index (χ1) is 8.31.